The zero-order valence-corrected chi connectivity index (χ0v) is 16.2. The van der Waals surface area contributed by atoms with Crippen LogP contribution >= 0.6 is 23.2 Å². The van der Waals surface area contributed by atoms with Crippen molar-refractivity contribution in [3.63, 3.8) is 0 Å². The van der Waals surface area contributed by atoms with Gasteiger partial charge >= 0.3 is 0 Å². The van der Waals surface area contributed by atoms with Crippen molar-refractivity contribution in [1.82, 2.24) is 15.3 Å². The van der Waals surface area contributed by atoms with Crippen molar-refractivity contribution in [1.29, 1.82) is 0 Å². The summed E-state index contributed by atoms with van der Waals surface area (Å²) in [6.07, 6.45) is 6.73. The lowest BCUT2D eigenvalue weighted by molar-refractivity contribution is 0.276. The van der Waals surface area contributed by atoms with Gasteiger partial charge in [0.1, 0.15) is 6.17 Å². The van der Waals surface area contributed by atoms with Crippen molar-refractivity contribution in [2.45, 2.75) is 43.7 Å². The van der Waals surface area contributed by atoms with Gasteiger partial charge in [-0.3, -0.25) is 0 Å². The Balaban J connectivity index is 1.75. The van der Waals surface area contributed by atoms with Gasteiger partial charge in [-0.2, -0.15) is 0 Å². The third-order valence-electron chi connectivity index (χ3n) is 5.32. The first-order chi connectivity index (χ1) is 12.6. The van der Waals surface area contributed by atoms with E-state index in [1.165, 1.54) is 5.56 Å². The quantitative estimate of drug-likeness (QED) is 0.774. The van der Waals surface area contributed by atoms with Gasteiger partial charge in [-0.05, 0) is 43.9 Å². The van der Waals surface area contributed by atoms with Crippen LogP contribution in [0.3, 0.4) is 0 Å². The van der Waals surface area contributed by atoms with Crippen LogP contribution in [0.4, 0.5) is 10.3 Å². The van der Waals surface area contributed by atoms with Crippen LogP contribution in [0.1, 0.15) is 36.2 Å². The molecule has 0 aromatic carbocycles. The van der Waals surface area contributed by atoms with Crippen LogP contribution < -0.4 is 10.2 Å². The molecule has 1 aromatic rings. The summed E-state index contributed by atoms with van der Waals surface area (Å²) in [4.78, 5) is 11.9. The highest BCUT2D eigenvalue weighted by Crippen LogP contribution is 2.35. The molecule has 0 bridgehead atoms. The molecule has 4 nitrogen and oxygen atoms in total. The molecule has 1 N–H and O–H groups in total. The molecule has 0 saturated carbocycles. The minimum Gasteiger partial charge on any atom is -0.341 e. The summed E-state index contributed by atoms with van der Waals surface area (Å²) in [6.45, 7) is 3.17. The summed E-state index contributed by atoms with van der Waals surface area (Å²) >= 11 is 12.5. The second-order valence-corrected chi connectivity index (χ2v) is 8.09. The van der Waals surface area contributed by atoms with E-state index in [0.717, 1.165) is 48.8 Å². The number of allylic oxidation sites excluding steroid dienone is 4. The lowest BCUT2D eigenvalue weighted by atomic mass is 9.95. The Morgan fingerprint density at radius 3 is 2.65 bits per heavy atom. The van der Waals surface area contributed by atoms with E-state index < -0.39 is 6.17 Å². The summed E-state index contributed by atoms with van der Waals surface area (Å²) in [7, 11) is 0. The van der Waals surface area contributed by atoms with E-state index in [1.54, 1.807) is 0 Å². The molecule has 4 rings (SSSR count). The maximum absolute atomic E-state index is 13.5. The molecule has 140 valence electrons. The summed E-state index contributed by atoms with van der Waals surface area (Å²) in [6, 6.07) is 0. The highest BCUT2D eigenvalue weighted by Gasteiger charge is 2.26. The highest BCUT2D eigenvalue weighted by molar-refractivity contribution is 6.38. The number of piperidine rings is 1. The molecule has 1 aliphatic carbocycles. The molecule has 3 heterocycles. The molecule has 0 spiro atoms. The number of nitrogens with zero attached hydrogens (tertiary/aromatic N) is 3. The zero-order chi connectivity index (χ0) is 18.1. The molecule has 1 saturated heterocycles. The minimum atomic E-state index is -0.707. The second-order valence-electron chi connectivity index (χ2n) is 7.12. The van der Waals surface area contributed by atoms with Gasteiger partial charge in [-0.25, -0.2) is 14.4 Å². The number of alkyl halides is 2. The molecule has 1 atom stereocenters. The molecule has 7 heteroatoms. The predicted octanol–water partition coefficient (Wildman–Crippen LogP) is 3.62. The summed E-state index contributed by atoms with van der Waals surface area (Å²) in [5.74, 6) is 0.722. The number of hydrogen-bond acceptors (Lipinski definition) is 4. The van der Waals surface area contributed by atoms with Crippen LogP contribution in [-0.4, -0.2) is 47.7 Å². The van der Waals surface area contributed by atoms with Crippen molar-refractivity contribution < 1.29 is 4.39 Å². The smallest absolute Gasteiger partial charge is 0.226 e. The standard InChI is InChI=1S/C19H23Cl2FN4/c20-15-2-1-12(11-16(15)21)18-14-3-7-23-8-4-17(14)24-19(25-18)26-9-5-13(22)6-10-26/h1-2,13,16,23H,3-11H2. The van der Waals surface area contributed by atoms with Crippen LogP contribution in [0.2, 0.25) is 0 Å². The van der Waals surface area contributed by atoms with E-state index in [4.69, 9.17) is 33.2 Å². The summed E-state index contributed by atoms with van der Waals surface area (Å²) in [5, 5.41) is 3.89. The van der Waals surface area contributed by atoms with Gasteiger partial charge in [0, 0.05) is 36.7 Å². The minimum absolute atomic E-state index is 0.211. The number of nitrogens with one attached hydrogen (secondary N) is 1. The molecule has 1 unspecified atom stereocenters. The molecule has 0 radical (unpaired) electrons. The molecular weight excluding hydrogens is 374 g/mol. The average molecular weight is 397 g/mol. The van der Waals surface area contributed by atoms with E-state index in [9.17, 15) is 4.39 Å². The summed E-state index contributed by atoms with van der Waals surface area (Å²) in [5.41, 5.74) is 4.41. The predicted molar refractivity (Wildman–Crippen MR) is 105 cm³/mol. The molecule has 3 aliphatic rings. The molecular formula is C19H23Cl2FN4. The first kappa shape index (κ1) is 18.2. The molecule has 1 fully saturated rings. The van der Waals surface area contributed by atoms with Gasteiger partial charge in [-0.15, -0.1) is 11.6 Å². The normalized spacial score (nSPS) is 24.6. The zero-order valence-electron chi connectivity index (χ0n) is 14.6. The topological polar surface area (TPSA) is 41.1 Å². The fraction of sp³-hybridized carbons (Fsp3) is 0.579. The second kappa shape index (κ2) is 7.83. The Labute approximate surface area is 163 Å². The molecule has 1 aromatic heterocycles. The van der Waals surface area contributed by atoms with E-state index in [-0.39, 0.29) is 5.38 Å². The van der Waals surface area contributed by atoms with Gasteiger partial charge < -0.3 is 10.2 Å². The highest BCUT2D eigenvalue weighted by atomic mass is 35.5. The van der Waals surface area contributed by atoms with E-state index >= 15 is 0 Å². The van der Waals surface area contributed by atoms with Crippen molar-refractivity contribution >= 4 is 34.7 Å². The number of halogens is 3. The van der Waals surface area contributed by atoms with E-state index in [1.807, 2.05) is 12.2 Å². The number of fused-ring (bicyclic) bond motifs is 1. The van der Waals surface area contributed by atoms with Crippen LogP contribution in [0.5, 0.6) is 0 Å². The Kier molecular flexibility index (Phi) is 5.48. The SMILES string of the molecule is FC1CCN(c2nc3c(c(C4=CC=C(Cl)C(Cl)C4)n2)CCNCC3)CC1. The Bertz CT molecular complexity index is 741. The van der Waals surface area contributed by atoms with Gasteiger partial charge in [0.15, 0.2) is 0 Å². The van der Waals surface area contributed by atoms with Gasteiger partial charge in [0.25, 0.3) is 0 Å². The number of aromatic nitrogens is 2. The van der Waals surface area contributed by atoms with Crippen molar-refractivity contribution in [2.24, 2.45) is 0 Å². The fourth-order valence-electron chi connectivity index (χ4n) is 3.81. The largest absolute Gasteiger partial charge is 0.341 e. The molecule has 26 heavy (non-hydrogen) atoms. The van der Waals surface area contributed by atoms with Crippen LogP contribution in [0, 0.1) is 0 Å². The van der Waals surface area contributed by atoms with Gasteiger partial charge in [0.2, 0.25) is 5.95 Å². The number of hydrogen-bond donors (Lipinski definition) is 1. The van der Waals surface area contributed by atoms with E-state index in [0.29, 0.717) is 37.4 Å². The maximum atomic E-state index is 13.5. The number of rotatable bonds is 2. The maximum Gasteiger partial charge on any atom is 0.226 e. The fourth-order valence-corrected chi connectivity index (χ4v) is 4.18. The van der Waals surface area contributed by atoms with Crippen LogP contribution in [0.15, 0.2) is 17.2 Å². The Morgan fingerprint density at radius 1 is 1.12 bits per heavy atom. The van der Waals surface area contributed by atoms with Crippen molar-refractivity contribution in [2.75, 3.05) is 31.1 Å². The lowest BCUT2D eigenvalue weighted by Crippen LogP contribution is -2.36. The molecule has 0 amide bonds. The third kappa shape index (κ3) is 3.75. The lowest BCUT2D eigenvalue weighted by Gasteiger charge is -2.30. The van der Waals surface area contributed by atoms with Crippen LogP contribution in [0.25, 0.3) is 5.57 Å². The first-order valence-corrected chi connectivity index (χ1v) is 10.1. The summed E-state index contributed by atoms with van der Waals surface area (Å²) < 4.78 is 13.5. The van der Waals surface area contributed by atoms with Gasteiger partial charge in [-0.1, -0.05) is 17.7 Å². The van der Waals surface area contributed by atoms with Crippen molar-refractivity contribution in [3.8, 4) is 0 Å². The van der Waals surface area contributed by atoms with Gasteiger partial charge in [0.05, 0.1) is 16.8 Å². The Hall–Kier alpha value is -1.17. The van der Waals surface area contributed by atoms with Crippen LogP contribution in [-0.2, 0) is 12.8 Å². The Morgan fingerprint density at radius 2 is 1.88 bits per heavy atom. The third-order valence-corrected chi connectivity index (χ3v) is 6.22. The average Bonchev–Trinajstić information content (AvgIpc) is 2.89. The van der Waals surface area contributed by atoms with E-state index in [2.05, 4.69) is 10.2 Å². The first-order valence-electron chi connectivity index (χ1n) is 9.32. The monoisotopic (exact) mass is 396 g/mol. The van der Waals surface area contributed by atoms with Crippen molar-refractivity contribution in [3.05, 3.63) is 34.1 Å². The molecule has 2 aliphatic heterocycles. The number of anilines is 1.